The Labute approximate surface area is 111 Å². The second-order valence-electron chi connectivity index (χ2n) is 4.06. The summed E-state index contributed by atoms with van der Waals surface area (Å²) in [5, 5.41) is 9.37. The molecule has 3 N–H and O–H groups in total. The average Bonchev–Trinajstić information content (AvgIpc) is 2.28. The van der Waals surface area contributed by atoms with Crippen LogP contribution in [0.1, 0.15) is 18.4 Å². The predicted octanol–water partition coefficient (Wildman–Crippen LogP) is 2.42. The molecule has 98 valence electrons. The molecule has 18 heavy (non-hydrogen) atoms. The fourth-order valence-corrected chi connectivity index (χ4v) is 1.67. The van der Waals surface area contributed by atoms with Crippen LogP contribution in [0.4, 0.5) is 0 Å². The van der Waals surface area contributed by atoms with Crippen molar-refractivity contribution >= 4 is 17.6 Å². The zero-order chi connectivity index (χ0) is 13.7. The van der Waals surface area contributed by atoms with Crippen molar-refractivity contribution in [3.8, 4) is 5.75 Å². The van der Waals surface area contributed by atoms with Crippen LogP contribution in [0.5, 0.6) is 5.75 Å². The molecule has 5 heteroatoms. The maximum absolute atomic E-state index is 11.0. The summed E-state index contributed by atoms with van der Waals surface area (Å²) in [5.74, 6) is -1.22. The van der Waals surface area contributed by atoms with Crippen LogP contribution in [0.2, 0.25) is 5.02 Å². The number of carboxylic acids is 1. The van der Waals surface area contributed by atoms with E-state index in [9.17, 15) is 4.79 Å². The van der Waals surface area contributed by atoms with E-state index in [1.165, 1.54) is 0 Å². The third-order valence-corrected chi connectivity index (χ3v) is 2.66. The van der Waals surface area contributed by atoms with Gasteiger partial charge in [-0.05, 0) is 30.2 Å². The SMILES string of the molecule is C=C(C)COc1ccc(C(CN)C(=O)O)cc1Cl. The van der Waals surface area contributed by atoms with Gasteiger partial charge in [-0.25, -0.2) is 0 Å². The molecular formula is C13H16ClNO3. The summed E-state index contributed by atoms with van der Waals surface area (Å²) >= 11 is 6.03. The molecule has 1 atom stereocenters. The first-order chi connectivity index (χ1) is 8.45. The third kappa shape index (κ3) is 3.75. The Morgan fingerprint density at radius 1 is 1.61 bits per heavy atom. The first-order valence-corrected chi connectivity index (χ1v) is 5.83. The Morgan fingerprint density at radius 2 is 2.28 bits per heavy atom. The van der Waals surface area contributed by atoms with Crippen molar-refractivity contribution in [2.24, 2.45) is 5.73 Å². The van der Waals surface area contributed by atoms with Crippen LogP contribution in [0.15, 0.2) is 30.4 Å². The van der Waals surface area contributed by atoms with Gasteiger partial charge in [0.1, 0.15) is 12.4 Å². The zero-order valence-corrected chi connectivity index (χ0v) is 10.9. The first-order valence-electron chi connectivity index (χ1n) is 5.45. The molecule has 0 bridgehead atoms. The molecule has 1 aromatic rings. The molecule has 0 aromatic heterocycles. The topological polar surface area (TPSA) is 72.5 Å². The van der Waals surface area contributed by atoms with Crippen molar-refractivity contribution in [1.29, 1.82) is 0 Å². The highest BCUT2D eigenvalue weighted by molar-refractivity contribution is 6.32. The summed E-state index contributed by atoms with van der Waals surface area (Å²) in [7, 11) is 0. The lowest BCUT2D eigenvalue weighted by atomic mass is 9.99. The predicted molar refractivity (Wildman–Crippen MR) is 71.2 cm³/mol. The molecule has 0 fully saturated rings. The third-order valence-electron chi connectivity index (χ3n) is 2.37. The highest BCUT2D eigenvalue weighted by atomic mass is 35.5. The maximum Gasteiger partial charge on any atom is 0.312 e. The van der Waals surface area contributed by atoms with Gasteiger partial charge in [0, 0.05) is 6.54 Å². The van der Waals surface area contributed by atoms with Crippen LogP contribution in [-0.2, 0) is 4.79 Å². The summed E-state index contributed by atoms with van der Waals surface area (Å²) in [5.41, 5.74) is 6.87. The number of benzene rings is 1. The second-order valence-corrected chi connectivity index (χ2v) is 4.47. The van der Waals surface area contributed by atoms with E-state index in [1.54, 1.807) is 18.2 Å². The van der Waals surface area contributed by atoms with E-state index in [-0.39, 0.29) is 6.54 Å². The van der Waals surface area contributed by atoms with Crippen LogP contribution in [0.25, 0.3) is 0 Å². The van der Waals surface area contributed by atoms with Gasteiger partial charge < -0.3 is 15.6 Å². The van der Waals surface area contributed by atoms with Gasteiger partial charge in [-0.2, -0.15) is 0 Å². The second kappa shape index (κ2) is 6.42. The van der Waals surface area contributed by atoms with Gasteiger partial charge in [0.05, 0.1) is 10.9 Å². The number of nitrogens with two attached hydrogens (primary N) is 1. The van der Waals surface area contributed by atoms with E-state index < -0.39 is 11.9 Å². The highest BCUT2D eigenvalue weighted by Gasteiger charge is 2.19. The lowest BCUT2D eigenvalue weighted by Crippen LogP contribution is -2.21. The minimum absolute atomic E-state index is 0.0254. The molecule has 1 unspecified atom stereocenters. The lowest BCUT2D eigenvalue weighted by Gasteiger charge is -2.13. The first kappa shape index (κ1) is 14.5. The van der Waals surface area contributed by atoms with E-state index in [0.717, 1.165) is 5.57 Å². The Morgan fingerprint density at radius 3 is 2.72 bits per heavy atom. The van der Waals surface area contributed by atoms with E-state index in [2.05, 4.69) is 6.58 Å². The molecule has 0 aliphatic heterocycles. The van der Waals surface area contributed by atoms with E-state index in [4.69, 9.17) is 27.2 Å². The minimum atomic E-state index is -0.968. The molecule has 0 aliphatic rings. The average molecular weight is 270 g/mol. The minimum Gasteiger partial charge on any atom is -0.488 e. The molecular weight excluding hydrogens is 254 g/mol. The van der Waals surface area contributed by atoms with Gasteiger partial charge in [-0.1, -0.05) is 24.2 Å². The highest BCUT2D eigenvalue weighted by Crippen LogP contribution is 2.28. The van der Waals surface area contributed by atoms with E-state index >= 15 is 0 Å². The largest absolute Gasteiger partial charge is 0.488 e. The van der Waals surface area contributed by atoms with Gasteiger partial charge in [0.25, 0.3) is 0 Å². The number of carbonyl (C=O) groups is 1. The van der Waals surface area contributed by atoms with Crippen molar-refractivity contribution in [1.82, 2.24) is 0 Å². The molecule has 0 radical (unpaired) electrons. The fraction of sp³-hybridized carbons (Fsp3) is 0.308. The molecule has 1 aromatic carbocycles. The van der Waals surface area contributed by atoms with Crippen molar-refractivity contribution in [3.63, 3.8) is 0 Å². The van der Waals surface area contributed by atoms with Crippen molar-refractivity contribution in [2.75, 3.05) is 13.2 Å². The molecule has 0 saturated heterocycles. The number of hydrogen-bond donors (Lipinski definition) is 2. The van der Waals surface area contributed by atoms with Gasteiger partial charge in [-0.15, -0.1) is 0 Å². The quantitative estimate of drug-likeness (QED) is 0.778. The van der Waals surface area contributed by atoms with Gasteiger partial charge in [0.15, 0.2) is 0 Å². The molecule has 1 rings (SSSR count). The lowest BCUT2D eigenvalue weighted by molar-refractivity contribution is -0.138. The molecule has 4 nitrogen and oxygen atoms in total. The van der Waals surface area contributed by atoms with Gasteiger partial charge in [0.2, 0.25) is 0 Å². The van der Waals surface area contributed by atoms with Crippen molar-refractivity contribution in [3.05, 3.63) is 40.9 Å². The molecule has 0 amide bonds. The van der Waals surface area contributed by atoms with Gasteiger partial charge in [-0.3, -0.25) is 4.79 Å². The standard InChI is InChI=1S/C13H16ClNO3/c1-8(2)7-18-12-4-3-9(5-11(12)14)10(6-15)13(16)17/h3-5,10H,1,6-7,15H2,2H3,(H,16,17). The summed E-state index contributed by atoms with van der Waals surface area (Å²) in [6.07, 6.45) is 0. The fourth-order valence-electron chi connectivity index (χ4n) is 1.43. The Kier molecular flexibility index (Phi) is 5.19. The smallest absolute Gasteiger partial charge is 0.312 e. The number of aliphatic carboxylic acids is 1. The maximum atomic E-state index is 11.0. The zero-order valence-electron chi connectivity index (χ0n) is 10.1. The molecule has 0 heterocycles. The summed E-state index contributed by atoms with van der Waals surface area (Å²) in [6, 6.07) is 4.87. The van der Waals surface area contributed by atoms with Crippen LogP contribution in [-0.4, -0.2) is 24.2 Å². The number of ether oxygens (including phenoxy) is 1. The Bertz CT molecular complexity index is 460. The van der Waals surface area contributed by atoms with Crippen LogP contribution < -0.4 is 10.5 Å². The van der Waals surface area contributed by atoms with Crippen molar-refractivity contribution in [2.45, 2.75) is 12.8 Å². The van der Waals surface area contributed by atoms with Crippen LogP contribution in [0.3, 0.4) is 0 Å². The normalized spacial score (nSPS) is 11.9. The number of halogens is 1. The number of carboxylic acid groups (broad SMARTS) is 1. The Hall–Kier alpha value is -1.52. The Balaban J connectivity index is 2.90. The summed E-state index contributed by atoms with van der Waals surface area (Å²) in [4.78, 5) is 11.0. The van der Waals surface area contributed by atoms with E-state index in [1.807, 2.05) is 6.92 Å². The summed E-state index contributed by atoms with van der Waals surface area (Å²) in [6.45, 7) is 5.96. The number of rotatable bonds is 6. The molecule has 0 spiro atoms. The summed E-state index contributed by atoms with van der Waals surface area (Å²) < 4.78 is 5.42. The molecule has 0 saturated carbocycles. The van der Waals surface area contributed by atoms with Crippen LogP contribution >= 0.6 is 11.6 Å². The van der Waals surface area contributed by atoms with Crippen LogP contribution in [0, 0.1) is 0 Å². The number of hydrogen-bond acceptors (Lipinski definition) is 3. The van der Waals surface area contributed by atoms with Gasteiger partial charge >= 0.3 is 5.97 Å². The molecule has 0 aliphatic carbocycles. The van der Waals surface area contributed by atoms with E-state index in [0.29, 0.717) is 22.9 Å². The van der Waals surface area contributed by atoms with Crippen molar-refractivity contribution < 1.29 is 14.6 Å². The monoisotopic (exact) mass is 269 g/mol.